The molecule has 0 unspecified atom stereocenters. The molecule has 0 saturated heterocycles. The molecule has 8 nitrogen and oxygen atoms in total. The lowest BCUT2D eigenvalue weighted by molar-refractivity contribution is -0.144. The zero-order valence-electron chi connectivity index (χ0n) is 14.7. The summed E-state index contributed by atoms with van der Waals surface area (Å²) in [5, 5.41) is 8.18. The number of nitrogens with zero attached hydrogens (tertiary/aromatic N) is 2. The van der Waals surface area contributed by atoms with Crippen molar-refractivity contribution in [2.75, 3.05) is 27.1 Å². The fourth-order valence-electron chi connectivity index (χ4n) is 2.01. The van der Waals surface area contributed by atoms with Crippen molar-refractivity contribution in [1.82, 2.24) is 10.2 Å². The van der Waals surface area contributed by atoms with Gasteiger partial charge in [0.05, 0.1) is 27.4 Å². The van der Waals surface area contributed by atoms with Gasteiger partial charge in [0.25, 0.3) is 5.22 Å². The van der Waals surface area contributed by atoms with Crippen molar-refractivity contribution in [2.24, 2.45) is 0 Å². The SMILES string of the molecule is COc1cc(-c2nnc(SCC(=O)OC(C)C)o2)cc(OC)c1OC. The second-order valence-corrected chi connectivity index (χ2v) is 6.04. The van der Waals surface area contributed by atoms with Gasteiger partial charge in [0.15, 0.2) is 11.5 Å². The third-order valence-electron chi connectivity index (χ3n) is 3.00. The summed E-state index contributed by atoms with van der Waals surface area (Å²) in [4.78, 5) is 11.6. The zero-order valence-corrected chi connectivity index (χ0v) is 15.5. The third kappa shape index (κ3) is 4.79. The fraction of sp³-hybridized carbons (Fsp3) is 0.438. The molecule has 0 spiro atoms. The van der Waals surface area contributed by atoms with Crippen LogP contribution in [-0.2, 0) is 9.53 Å². The molecule has 2 aromatic rings. The normalized spacial score (nSPS) is 10.6. The molecule has 0 fully saturated rings. The Hall–Kier alpha value is -2.42. The first-order valence-electron chi connectivity index (χ1n) is 7.44. The monoisotopic (exact) mass is 368 g/mol. The summed E-state index contributed by atoms with van der Waals surface area (Å²) in [5.74, 6) is 1.45. The number of hydrogen-bond acceptors (Lipinski definition) is 9. The molecule has 0 aliphatic heterocycles. The lowest BCUT2D eigenvalue weighted by atomic mass is 10.2. The lowest BCUT2D eigenvalue weighted by Gasteiger charge is -2.12. The van der Waals surface area contributed by atoms with Crippen molar-refractivity contribution in [3.63, 3.8) is 0 Å². The number of methoxy groups -OCH3 is 3. The van der Waals surface area contributed by atoms with Gasteiger partial charge in [-0.15, -0.1) is 10.2 Å². The van der Waals surface area contributed by atoms with Crippen LogP contribution in [-0.4, -0.2) is 49.4 Å². The van der Waals surface area contributed by atoms with E-state index < -0.39 is 0 Å². The van der Waals surface area contributed by atoms with E-state index in [1.54, 1.807) is 26.0 Å². The summed E-state index contributed by atoms with van der Waals surface area (Å²) in [6, 6.07) is 3.41. The Labute approximate surface area is 149 Å². The lowest BCUT2D eigenvalue weighted by Crippen LogP contribution is -2.13. The van der Waals surface area contributed by atoms with Gasteiger partial charge < -0.3 is 23.4 Å². The summed E-state index contributed by atoms with van der Waals surface area (Å²) >= 11 is 1.11. The van der Waals surface area contributed by atoms with Crippen LogP contribution in [0.4, 0.5) is 0 Å². The topological polar surface area (TPSA) is 92.9 Å². The van der Waals surface area contributed by atoms with Crippen LogP contribution in [0.25, 0.3) is 11.5 Å². The molecular weight excluding hydrogens is 348 g/mol. The highest BCUT2D eigenvalue weighted by Crippen LogP contribution is 2.41. The number of ether oxygens (including phenoxy) is 4. The number of rotatable bonds is 8. The average molecular weight is 368 g/mol. The number of thioether (sulfide) groups is 1. The second kappa shape index (κ2) is 8.61. The molecule has 0 radical (unpaired) electrons. The van der Waals surface area contributed by atoms with Gasteiger partial charge in [-0.05, 0) is 26.0 Å². The van der Waals surface area contributed by atoms with E-state index in [0.717, 1.165) is 11.8 Å². The molecule has 0 aliphatic carbocycles. The van der Waals surface area contributed by atoms with Gasteiger partial charge in [0.2, 0.25) is 11.6 Å². The summed E-state index contributed by atoms with van der Waals surface area (Å²) in [6.07, 6.45) is -0.162. The Morgan fingerprint density at radius 1 is 1.12 bits per heavy atom. The van der Waals surface area contributed by atoms with E-state index in [-0.39, 0.29) is 28.9 Å². The molecular formula is C16H20N2O6S. The standard InChI is InChI=1S/C16H20N2O6S/c1-9(2)23-13(19)8-25-16-18-17-15(24-16)10-6-11(20-3)14(22-5)12(7-10)21-4/h6-7,9H,8H2,1-5H3. The van der Waals surface area contributed by atoms with Gasteiger partial charge >= 0.3 is 5.97 Å². The molecule has 2 rings (SSSR count). The Morgan fingerprint density at radius 2 is 1.76 bits per heavy atom. The van der Waals surface area contributed by atoms with Crippen molar-refractivity contribution < 1.29 is 28.2 Å². The molecule has 0 aliphatic rings. The third-order valence-corrected chi connectivity index (χ3v) is 3.79. The summed E-state index contributed by atoms with van der Waals surface area (Å²) in [5.41, 5.74) is 0.610. The van der Waals surface area contributed by atoms with Crippen LogP contribution in [0.1, 0.15) is 13.8 Å². The minimum absolute atomic E-state index is 0.0923. The quantitative estimate of drug-likeness (QED) is 0.515. The predicted molar refractivity (Wildman–Crippen MR) is 91.3 cm³/mol. The molecule has 1 aromatic carbocycles. The van der Waals surface area contributed by atoms with E-state index in [4.69, 9.17) is 23.4 Å². The van der Waals surface area contributed by atoms with Crippen LogP contribution >= 0.6 is 11.8 Å². The molecule has 0 amide bonds. The fourth-order valence-corrected chi connectivity index (χ4v) is 2.55. The Kier molecular flexibility index (Phi) is 6.51. The number of hydrogen-bond donors (Lipinski definition) is 0. The predicted octanol–water partition coefficient (Wildman–Crippen LogP) is 2.81. The highest BCUT2D eigenvalue weighted by molar-refractivity contribution is 7.99. The van der Waals surface area contributed by atoms with Crippen molar-refractivity contribution in [1.29, 1.82) is 0 Å². The van der Waals surface area contributed by atoms with Gasteiger partial charge in [-0.3, -0.25) is 4.79 Å². The Bertz CT molecular complexity index is 706. The maximum Gasteiger partial charge on any atom is 0.316 e. The van der Waals surface area contributed by atoms with E-state index in [1.165, 1.54) is 21.3 Å². The molecule has 0 N–H and O–H groups in total. The summed E-state index contributed by atoms with van der Waals surface area (Å²) < 4.78 is 26.5. The van der Waals surface area contributed by atoms with Crippen LogP contribution in [0.5, 0.6) is 17.2 Å². The molecule has 0 bridgehead atoms. The van der Waals surface area contributed by atoms with E-state index in [0.29, 0.717) is 22.8 Å². The molecule has 0 saturated carbocycles. The first-order chi connectivity index (χ1) is 12.0. The highest BCUT2D eigenvalue weighted by Gasteiger charge is 2.18. The maximum absolute atomic E-state index is 11.6. The minimum Gasteiger partial charge on any atom is -0.493 e. The van der Waals surface area contributed by atoms with E-state index >= 15 is 0 Å². The Balaban J connectivity index is 2.17. The minimum atomic E-state index is -0.340. The Morgan fingerprint density at radius 3 is 2.28 bits per heavy atom. The number of carbonyl (C=O) groups excluding carboxylic acids is 1. The largest absolute Gasteiger partial charge is 0.493 e. The molecule has 1 heterocycles. The smallest absolute Gasteiger partial charge is 0.316 e. The summed E-state index contributed by atoms with van der Waals surface area (Å²) in [7, 11) is 4.57. The molecule has 136 valence electrons. The molecule has 1 aromatic heterocycles. The number of benzene rings is 1. The van der Waals surface area contributed by atoms with Crippen LogP contribution in [0.3, 0.4) is 0 Å². The van der Waals surface area contributed by atoms with Gasteiger partial charge in [-0.25, -0.2) is 0 Å². The van der Waals surface area contributed by atoms with Crippen molar-refractivity contribution in [3.05, 3.63) is 12.1 Å². The van der Waals surface area contributed by atoms with Crippen LogP contribution in [0.15, 0.2) is 21.8 Å². The first kappa shape index (κ1) is 18.9. The number of carbonyl (C=O) groups is 1. The van der Waals surface area contributed by atoms with Gasteiger partial charge in [-0.1, -0.05) is 11.8 Å². The number of esters is 1. The zero-order chi connectivity index (χ0) is 18.4. The van der Waals surface area contributed by atoms with Crippen LogP contribution < -0.4 is 14.2 Å². The van der Waals surface area contributed by atoms with Crippen LogP contribution in [0, 0.1) is 0 Å². The van der Waals surface area contributed by atoms with E-state index in [2.05, 4.69) is 10.2 Å². The van der Waals surface area contributed by atoms with Gasteiger partial charge in [0.1, 0.15) is 5.75 Å². The highest BCUT2D eigenvalue weighted by atomic mass is 32.2. The van der Waals surface area contributed by atoms with Crippen molar-refractivity contribution in [3.8, 4) is 28.7 Å². The van der Waals surface area contributed by atoms with Gasteiger partial charge in [0, 0.05) is 5.56 Å². The molecule has 9 heteroatoms. The van der Waals surface area contributed by atoms with Crippen molar-refractivity contribution >= 4 is 17.7 Å². The molecule has 25 heavy (non-hydrogen) atoms. The molecule has 0 atom stereocenters. The second-order valence-electron chi connectivity index (χ2n) is 5.11. The van der Waals surface area contributed by atoms with Crippen LogP contribution in [0.2, 0.25) is 0 Å². The van der Waals surface area contributed by atoms with Crippen molar-refractivity contribution in [2.45, 2.75) is 25.2 Å². The van der Waals surface area contributed by atoms with Gasteiger partial charge in [-0.2, -0.15) is 0 Å². The summed E-state index contributed by atoms with van der Waals surface area (Å²) in [6.45, 7) is 3.58. The number of aromatic nitrogens is 2. The van der Waals surface area contributed by atoms with E-state index in [9.17, 15) is 4.79 Å². The first-order valence-corrected chi connectivity index (χ1v) is 8.43. The van der Waals surface area contributed by atoms with E-state index in [1.807, 2.05) is 0 Å². The average Bonchev–Trinajstić information content (AvgIpc) is 3.07. The maximum atomic E-state index is 11.6.